The molecule has 0 saturated heterocycles. The Labute approximate surface area is 121 Å². The zero-order valence-corrected chi connectivity index (χ0v) is 11.8. The van der Waals surface area contributed by atoms with Gasteiger partial charge in [0.2, 0.25) is 0 Å². The van der Waals surface area contributed by atoms with Gasteiger partial charge >= 0.3 is 12.2 Å². The molecule has 0 radical (unpaired) electrons. The molecule has 1 aromatic carbocycles. The third kappa shape index (κ3) is 4.37. The maximum atomic E-state index is 12.6. The number of nitrogens with one attached hydrogen (secondary N) is 2. The lowest BCUT2D eigenvalue weighted by Gasteiger charge is -2.29. The highest BCUT2D eigenvalue weighted by Gasteiger charge is 2.30. The van der Waals surface area contributed by atoms with E-state index in [-0.39, 0.29) is 11.7 Å². The fourth-order valence-electron chi connectivity index (χ4n) is 2.64. The molecule has 1 fully saturated rings. The minimum Gasteiger partial charge on any atom is -0.335 e. The quantitative estimate of drug-likeness (QED) is 0.834. The van der Waals surface area contributed by atoms with Crippen LogP contribution in [-0.2, 0) is 6.18 Å². The summed E-state index contributed by atoms with van der Waals surface area (Å²) in [6.07, 6.45) is -0.203. The Kier molecular flexibility index (Phi) is 4.75. The second-order valence-electron chi connectivity index (χ2n) is 5.55. The number of carbonyl (C=O) groups is 1. The Hall–Kier alpha value is -1.72. The lowest BCUT2D eigenvalue weighted by Crippen LogP contribution is -2.43. The van der Waals surface area contributed by atoms with Crippen LogP contribution in [0.15, 0.2) is 24.3 Å². The normalized spacial score (nSPS) is 22.7. The van der Waals surface area contributed by atoms with Crippen molar-refractivity contribution >= 4 is 11.7 Å². The molecule has 0 spiro atoms. The molecule has 2 rings (SSSR count). The van der Waals surface area contributed by atoms with E-state index >= 15 is 0 Å². The van der Waals surface area contributed by atoms with Gasteiger partial charge in [0.1, 0.15) is 0 Å². The zero-order valence-electron chi connectivity index (χ0n) is 11.8. The Balaban J connectivity index is 1.96. The van der Waals surface area contributed by atoms with Crippen molar-refractivity contribution in [1.82, 2.24) is 5.32 Å². The van der Waals surface area contributed by atoms with Crippen LogP contribution in [0, 0.1) is 5.92 Å². The largest absolute Gasteiger partial charge is 0.416 e. The van der Waals surface area contributed by atoms with Crippen LogP contribution in [0.25, 0.3) is 0 Å². The van der Waals surface area contributed by atoms with E-state index in [9.17, 15) is 18.0 Å². The van der Waals surface area contributed by atoms with Gasteiger partial charge in [0.15, 0.2) is 0 Å². The van der Waals surface area contributed by atoms with Crippen LogP contribution >= 0.6 is 0 Å². The molecular weight excluding hydrogens is 281 g/mol. The summed E-state index contributed by atoms with van der Waals surface area (Å²) in [7, 11) is 0. The number of carbonyl (C=O) groups excluding carboxylic acids is 1. The summed E-state index contributed by atoms with van der Waals surface area (Å²) >= 11 is 0. The minimum absolute atomic E-state index is 0.0875. The Bertz CT molecular complexity index is 502. The van der Waals surface area contributed by atoms with Gasteiger partial charge in [-0.3, -0.25) is 0 Å². The molecule has 6 heteroatoms. The highest BCUT2D eigenvalue weighted by molar-refractivity contribution is 5.89. The van der Waals surface area contributed by atoms with Crippen LogP contribution in [0.4, 0.5) is 23.7 Å². The van der Waals surface area contributed by atoms with Crippen molar-refractivity contribution in [2.75, 3.05) is 5.32 Å². The van der Waals surface area contributed by atoms with Crippen molar-refractivity contribution in [3.63, 3.8) is 0 Å². The molecule has 21 heavy (non-hydrogen) atoms. The van der Waals surface area contributed by atoms with Gasteiger partial charge in [-0.2, -0.15) is 13.2 Å². The van der Waals surface area contributed by atoms with Crippen LogP contribution in [0.3, 0.4) is 0 Å². The van der Waals surface area contributed by atoms with Crippen molar-refractivity contribution in [2.24, 2.45) is 5.92 Å². The van der Waals surface area contributed by atoms with Crippen LogP contribution in [-0.4, -0.2) is 12.1 Å². The average molecular weight is 300 g/mol. The summed E-state index contributed by atoms with van der Waals surface area (Å²) in [5, 5.41) is 5.32. The van der Waals surface area contributed by atoms with Gasteiger partial charge in [-0.15, -0.1) is 0 Å². The van der Waals surface area contributed by atoms with Gasteiger partial charge in [-0.1, -0.05) is 25.8 Å². The molecule has 2 N–H and O–H groups in total. The van der Waals surface area contributed by atoms with Crippen LogP contribution in [0.1, 0.15) is 38.2 Å². The van der Waals surface area contributed by atoms with E-state index in [0.29, 0.717) is 5.92 Å². The van der Waals surface area contributed by atoms with E-state index in [0.717, 1.165) is 37.8 Å². The molecule has 2 amide bonds. The molecule has 1 saturated carbocycles. The molecule has 0 aromatic heterocycles. The number of benzene rings is 1. The van der Waals surface area contributed by atoms with E-state index in [1.807, 2.05) is 0 Å². The summed E-state index contributed by atoms with van der Waals surface area (Å²) in [6, 6.07) is 4.27. The second kappa shape index (κ2) is 6.37. The van der Waals surface area contributed by atoms with Crippen molar-refractivity contribution in [2.45, 2.75) is 44.8 Å². The molecule has 2 atom stereocenters. The smallest absolute Gasteiger partial charge is 0.335 e. The van der Waals surface area contributed by atoms with Gasteiger partial charge < -0.3 is 10.6 Å². The zero-order chi connectivity index (χ0) is 15.5. The molecule has 1 aromatic rings. The number of rotatable bonds is 2. The topological polar surface area (TPSA) is 41.1 Å². The van der Waals surface area contributed by atoms with Gasteiger partial charge in [-0.25, -0.2) is 4.79 Å². The third-order valence-corrected chi connectivity index (χ3v) is 3.88. The molecule has 0 heterocycles. The Morgan fingerprint density at radius 1 is 1.24 bits per heavy atom. The summed E-state index contributed by atoms with van der Waals surface area (Å²) in [6.45, 7) is 2.08. The monoisotopic (exact) mass is 300 g/mol. The molecular formula is C15H19F3N2O. The summed E-state index contributed by atoms with van der Waals surface area (Å²) < 4.78 is 37.8. The third-order valence-electron chi connectivity index (χ3n) is 3.88. The lowest BCUT2D eigenvalue weighted by atomic mass is 9.86. The standard InChI is InChI=1S/C15H19F3N2O/c1-10-5-2-3-8-13(10)20-14(21)19-12-7-4-6-11(9-12)15(16,17)18/h4,6-7,9-10,13H,2-3,5,8H2,1H3,(H2,19,20,21)/t10-,13-/m1/s1. The molecule has 1 aliphatic carbocycles. The van der Waals surface area contributed by atoms with Crippen molar-refractivity contribution in [3.8, 4) is 0 Å². The predicted molar refractivity (Wildman–Crippen MR) is 75.0 cm³/mol. The van der Waals surface area contributed by atoms with Crippen molar-refractivity contribution < 1.29 is 18.0 Å². The minimum atomic E-state index is -4.41. The predicted octanol–water partition coefficient (Wildman–Crippen LogP) is 4.41. The van der Waals surface area contributed by atoms with Crippen molar-refractivity contribution in [3.05, 3.63) is 29.8 Å². The number of alkyl halides is 3. The molecule has 0 unspecified atom stereocenters. The first kappa shape index (κ1) is 15.7. The van der Waals surface area contributed by atoms with Crippen LogP contribution in [0.5, 0.6) is 0 Å². The first-order valence-electron chi connectivity index (χ1n) is 7.11. The van der Waals surface area contributed by atoms with E-state index < -0.39 is 17.8 Å². The number of halogens is 3. The van der Waals surface area contributed by atoms with E-state index in [4.69, 9.17) is 0 Å². The molecule has 0 aliphatic heterocycles. The molecule has 3 nitrogen and oxygen atoms in total. The fraction of sp³-hybridized carbons (Fsp3) is 0.533. The first-order chi connectivity index (χ1) is 9.86. The second-order valence-corrected chi connectivity index (χ2v) is 5.55. The van der Waals surface area contributed by atoms with Crippen LogP contribution in [0.2, 0.25) is 0 Å². The Morgan fingerprint density at radius 3 is 2.62 bits per heavy atom. The Morgan fingerprint density at radius 2 is 1.95 bits per heavy atom. The van der Waals surface area contributed by atoms with Gasteiger partial charge in [0.05, 0.1) is 5.56 Å². The highest BCUT2D eigenvalue weighted by atomic mass is 19.4. The molecule has 1 aliphatic rings. The fourth-order valence-corrected chi connectivity index (χ4v) is 2.64. The summed E-state index contributed by atoms with van der Waals surface area (Å²) in [5.41, 5.74) is -0.628. The number of urea groups is 1. The van der Waals surface area contributed by atoms with Gasteiger partial charge in [-0.05, 0) is 37.0 Å². The number of amides is 2. The van der Waals surface area contributed by atoms with Gasteiger partial charge in [0.25, 0.3) is 0 Å². The highest BCUT2D eigenvalue weighted by Crippen LogP contribution is 2.30. The molecule has 0 bridgehead atoms. The first-order valence-corrected chi connectivity index (χ1v) is 7.11. The maximum Gasteiger partial charge on any atom is 0.416 e. The summed E-state index contributed by atoms with van der Waals surface area (Å²) in [5.74, 6) is 0.394. The SMILES string of the molecule is C[C@@H]1CCCC[C@H]1NC(=O)Nc1cccc(C(F)(F)F)c1. The number of anilines is 1. The lowest BCUT2D eigenvalue weighted by molar-refractivity contribution is -0.137. The average Bonchev–Trinajstić information content (AvgIpc) is 2.41. The van der Waals surface area contributed by atoms with Crippen LogP contribution < -0.4 is 10.6 Å². The number of hydrogen-bond acceptors (Lipinski definition) is 1. The summed E-state index contributed by atoms with van der Waals surface area (Å²) in [4.78, 5) is 11.9. The van der Waals surface area contributed by atoms with Crippen molar-refractivity contribution in [1.29, 1.82) is 0 Å². The maximum absolute atomic E-state index is 12.6. The molecule has 116 valence electrons. The van der Waals surface area contributed by atoms with Gasteiger partial charge in [0, 0.05) is 11.7 Å². The van der Waals surface area contributed by atoms with E-state index in [1.54, 1.807) is 0 Å². The number of hydrogen-bond donors (Lipinski definition) is 2. The van der Waals surface area contributed by atoms with E-state index in [1.165, 1.54) is 12.1 Å². The van der Waals surface area contributed by atoms with E-state index in [2.05, 4.69) is 17.6 Å².